The molecule has 2 aromatic carbocycles. The average molecular weight is 453 g/mol. The number of benzene rings is 2. The molecule has 2 aliphatic rings. The lowest BCUT2D eigenvalue weighted by molar-refractivity contribution is 0.0595. The number of hydrogen-bond acceptors (Lipinski definition) is 3. The van der Waals surface area contributed by atoms with Crippen LogP contribution in [0.5, 0.6) is 0 Å². The second-order valence-electron chi connectivity index (χ2n) is 10.5. The number of nitrogens with zero attached hydrogens (tertiary/aromatic N) is 3. The van der Waals surface area contributed by atoms with Crippen LogP contribution in [0, 0.1) is 10.8 Å². The molecule has 1 aliphatic carbocycles. The van der Waals surface area contributed by atoms with Gasteiger partial charge < -0.3 is 15.1 Å². The lowest BCUT2D eigenvalue weighted by atomic mass is 9.59. The smallest absolute Gasteiger partial charge is 0.108 e. The molecule has 0 amide bonds. The molecule has 1 spiro atoms. The molecule has 32 heavy (non-hydrogen) atoms. The van der Waals surface area contributed by atoms with Gasteiger partial charge in [-0.1, -0.05) is 48.0 Å². The Labute approximate surface area is 198 Å². The van der Waals surface area contributed by atoms with Gasteiger partial charge in [0.1, 0.15) is 5.84 Å². The highest BCUT2D eigenvalue weighted by atomic mass is 35.5. The van der Waals surface area contributed by atoms with Crippen LogP contribution in [0.4, 0.5) is 5.69 Å². The number of amidine groups is 1. The number of fused-ring (bicyclic) bond motifs is 1. The summed E-state index contributed by atoms with van der Waals surface area (Å²) in [7, 11) is 8.82. The van der Waals surface area contributed by atoms with Crippen molar-refractivity contribution in [3.8, 4) is 0 Å². The van der Waals surface area contributed by atoms with Crippen LogP contribution >= 0.6 is 11.6 Å². The van der Waals surface area contributed by atoms with Gasteiger partial charge in [0, 0.05) is 29.2 Å². The molecular weight excluding hydrogens is 416 g/mol. The number of hydrogen-bond donors (Lipinski definition) is 1. The molecule has 0 atom stereocenters. The van der Waals surface area contributed by atoms with Gasteiger partial charge in [0.15, 0.2) is 0 Å². The van der Waals surface area contributed by atoms with E-state index in [-0.39, 0.29) is 5.41 Å². The molecule has 4 rings (SSSR count). The number of aliphatic imine (C=N–C) groups is 1. The standard InChI is InChI=1S/C27H37ClN4/c1-31(2)19-26(20-32(3)4)13-15-27(16-14-26)17-21-9-6-8-12-24(21)30-25(27)29-18-22-10-5-7-11-23(22)28/h5-12H,13-20H2,1-4H3,(H,29,30). The Hall–Kier alpha value is -1.88. The van der Waals surface area contributed by atoms with Crippen molar-refractivity contribution in [1.82, 2.24) is 9.80 Å². The van der Waals surface area contributed by atoms with Crippen LogP contribution in [0.1, 0.15) is 36.8 Å². The van der Waals surface area contributed by atoms with E-state index >= 15 is 0 Å². The Morgan fingerprint density at radius 1 is 0.875 bits per heavy atom. The predicted molar refractivity (Wildman–Crippen MR) is 137 cm³/mol. The van der Waals surface area contributed by atoms with Crippen LogP contribution in [-0.4, -0.2) is 56.9 Å². The maximum Gasteiger partial charge on any atom is 0.108 e. The van der Waals surface area contributed by atoms with Gasteiger partial charge >= 0.3 is 0 Å². The van der Waals surface area contributed by atoms with Crippen molar-refractivity contribution in [3.05, 3.63) is 64.7 Å². The molecule has 1 heterocycles. The zero-order valence-electron chi connectivity index (χ0n) is 20.0. The first kappa shape index (κ1) is 23.3. The Kier molecular flexibility index (Phi) is 6.94. The van der Waals surface area contributed by atoms with E-state index in [9.17, 15) is 0 Å². The SMILES string of the molecule is CN(C)CC1(CN(C)C)CCC2(CC1)Cc1ccccc1NC2=NCc1ccccc1Cl. The van der Waals surface area contributed by atoms with E-state index in [1.54, 1.807) is 0 Å². The summed E-state index contributed by atoms with van der Waals surface area (Å²) >= 11 is 6.44. The summed E-state index contributed by atoms with van der Waals surface area (Å²) in [5.41, 5.74) is 4.12. The van der Waals surface area contributed by atoms with Gasteiger partial charge in [-0.05, 0) is 89.0 Å². The second kappa shape index (κ2) is 9.54. The van der Waals surface area contributed by atoms with E-state index in [1.807, 2.05) is 18.2 Å². The number of nitrogens with one attached hydrogen (secondary N) is 1. The van der Waals surface area contributed by atoms with Crippen molar-refractivity contribution >= 4 is 23.1 Å². The first-order valence-corrected chi connectivity index (χ1v) is 12.1. The molecule has 0 radical (unpaired) electrons. The van der Waals surface area contributed by atoms with Crippen LogP contribution in [0.15, 0.2) is 53.5 Å². The second-order valence-corrected chi connectivity index (χ2v) is 10.9. The molecule has 1 N–H and O–H groups in total. The summed E-state index contributed by atoms with van der Waals surface area (Å²) in [6.07, 6.45) is 5.84. The normalized spacial score (nSPS) is 20.5. The minimum Gasteiger partial charge on any atom is -0.343 e. The lowest BCUT2D eigenvalue weighted by Gasteiger charge is -2.50. The van der Waals surface area contributed by atoms with Gasteiger partial charge in [0.05, 0.1) is 6.54 Å². The summed E-state index contributed by atoms with van der Waals surface area (Å²) in [6, 6.07) is 16.8. The number of halogens is 1. The quantitative estimate of drug-likeness (QED) is 0.620. The van der Waals surface area contributed by atoms with Crippen LogP contribution < -0.4 is 5.32 Å². The largest absolute Gasteiger partial charge is 0.343 e. The molecular formula is C27H37ClN4. The van der Waals surface area contributed by atoms with E-state index < -0.39 is 0 Å². The van der Waals surface area contributed by atoms with Crippen molar-refractivity contribution in [1.29, 1.82) is 0 Å². The maximum absolute atomic E-state index is 6.44. The third-order valence-corrected chi connectivity index (χ3v) is 7.61. The highest BCUT2D eigenvalue weighted by Crippen LogP contribution is 2.51. The topological polar surface area (TPSA) is 30.9 Å². The molecule has 1 aliphatic heterocycles. The molecule has 2 aromatic rings. The molecule has 5 heteroatoms. The highest BCUT2D eigenvalue weighted by molar-refractivity contribution is 6.31. The van der Waals surface area contributed by atoms with Crippen molar-refractivity contribution < 1.29 is 0 Å². The van der Waals surface area contributed by atoms with Crippen molar-refractivity contribution in [2.75, 3.05) is 46.6 Å². The van der Waals surface area contributed by atoms with Crippen LogP contribution in [0.25, 0.3) is 0 Å². The monoisotopic (exact) mass is 452 g/mol. The van der Waals surface area contributed by atoms with E-state index in [2.05, 4.69) is 73.6 Å². The summed E-state index contributed by atoms with van der Waals surface area (Å²) in [5, 5.41) is 4.54. The van der Waals surface area contributed by atoms with Crippen LogP contribution in [0.3, 0.4) is 0 Å². The zero-order chi connectivity index (χ0) is 22.8. The maximum atomic E-state index is 6.44. The summed E-state index contributed by atoms with van der Waals surface area (Å²) in [4.78, 5) is 9.89. The van der Waals surface area contributed by atoms with E-state index in [1.165, 1.54) is 24.1 Å². The van der Waals surface area contributed by atoms with E-state index in [4.69, 9.17) is 16.6 Å². The molecule has 0 unspecified atom stereocenters. The van der Waals surface area contributed by atoms with Gasteiger partial charge in [-0.25, -0.2) is 0 Å². The fourth-order valence-electron chi connectivity index (χ4n) is 5.88. The van der Waals surface area contributed by atoms with Crippen molar-refractivity contribution in [3.63, 3.8) is 0 Å². The number of rotatable bonds is 6. The summed E-state index contributed by atoms with van der Waals surface area (Å²) in [6.45, 7) is 2.89. The Morgan fingerprint density at radius 3 is 2.16 bits per heavy atom. The Balaban J connectivity index is 1.63. The molecule has 1 saturated carbocycles. The first-order valence-electron chi connectivity index (χ1n) is 11.7. The zero-order valence-corrected chi connectivity index (χ0v) is 20.8. The Morgan fingerprint density at radius 2 is 1.50 bits per heavy atom. The average Bonchev–Trinajstić information content (AvgIpc) is 2.74. The van der Waals surface area contributed by atoms with Gasteiger partial charge in [0.25, 0.3) is 0 Å². The minimum absolute atomic E-state index is 0.0811. The van der Waals surface area contributed by atoms with Crippen molar-refractivity contribution in [2.24, 2.45) is 15.8 Å². The molecule has 0 saturated heterocycles. The van der Waals surface area contributed by atoms with Crippen molar-refractivity contribution in [2.45, 2.75) is 38.6 Å². The minimum atomic E-state index is 0.0811. The fourth-order valence-corrected chi connectivity index (χ4v) is 6.08. The lowest BCUT2D eigenvalue weighted by Crippen LogP contribution is -2.51. The summed E-state index contributed by atoms with van der Waals surface area (Å²) in [5.74, 6) is 1.15. The third-order valence-electron chi connectivity index (χ3n) is 7.24. The van der Waals surface area contributed by atoms with Gasteiger partial charge in [-0.15, -0.1) is 0 Å². The molecule has 172 valence electrons. The predicted octanol–water partition coefficient (Wildman–Crippen LogP) is 5.58. The molecule has 4 nitrogen and oxygen atoms in total. The molecule has 0 bridgehead atoms. The van der Waals surface area contributed by atoms with Crippen LogP contribution in [-0.2, 0) is 13.0 Å². The molecule has 1 fully saturated rings. The van der Waals surface area contributed by atoms with Gasteiger partial charge in [-0.3, -0.25) is 4.99 Å². The van der Waals surface area contributed by atoms with Gasteiger partial charge in [-0.2, -0.15) is 0 Å². The molecule has 0 aromatic heterocycles. The Bertz CT molecular complexity index is 946. The number of para-hydroxylation sites is 1. The van der Waals surface area contributed by atoms with Crippen LogP contribution in [0.2, 0.25) is 5.02 Å². The fraction of sp³-hybridized carbons (Fsp3) is 0.519. The highest BCUT2D eigenvalue weighted by Gasteiger charge is 2.47. The third kappa shape index (κ3) is 5.03. The first-order chi connectivity index (χ1) is 15.3. The van der Waals surface area contributed by atoms with E-state index in [0.29, 0.717) is 12.0 Å². The summed E-state index contributed by atoms with van der Waals surface area (Å²) < 4.78 is 0. The number of anilines is 1. The van der Waals surface area contributed by atoms with E-state index in [0.717, 1.165) is 48.8 Å². The van der Waals surface area contributed by atoms with Gasteiger partial charge in [0.2, 0.25) is 0 Å².